The maximum atomic E-state index is 11.9. The average Bonchev–Trinajstić information content (AvgIpc) is 2.47. The van der Waals surface area contributed by atoms with Crippen molar-refractivity contribution in [2.45, 2.75) is 39.5 Å². The molecular formula is C16H22O4Pb. The van der Waals surface area contributed by atoms with Crippen molar-refractivity contribution >= 4 is 39.2 Å². The largest absolute Gasteiger partial charge is 0.462 e. The van der Waals surface area contributed by atoms with Gasteiger partial charge in [0.15, 0.2) is 0 Å². The van der Waals surface area contributed by atoms with Crippen LogP contribution in [0.2, 0.25) is 0 Å². The minimum Gasteiger partial charge on any atom is -0.462 e. The molecule has 0 saturated carbocycles. The Morgan fingerprint density at radius 2 is 1.24 bits per heavy atom. The molecule has 21 heavy (non-hydrogen) atoms. The zero-order chi connectivity index (χ0) is 14.8. The Kier molecular flexibility index (Phi) is 11.2. The van der Waals surface area contributed by atoms with Gasteiger partial charge in [-0.15, -0.1) is 0 Å². The van der Waals surface area contributed by atoms with Crippen molar-refractivity contribution in [3.05, 3.63) is 35.4 Å². The van der Waals surface area contributed by atoms with Gasteiger partial charge < -0.3 is 9.47 Å². The summed E-state index contributed by atoms with van der Waals surface area (Å²) < 4.78 is 10.3. The van der Waals surface area contributed by atoms with E-state index in [0.717, 1.165) is 25.7 Å². The monoisotopic (exact) mass is 486 g/mol. The van der Waals surface area contributed by atoms with Crippen molar-refractivity contribution in [2.24, 2.45) is 0 Å². The molecule has 1 rings (SSSR count). The standard InChI is InChI=1S/C16H22O4.Pb/c1-3-5-11-19-15(17)13-9-7-8-10-14(13)16(18)20-12-6-4-2;/h7-10H,3-6,11-12H2,1-2H3;. The first-order chi connectivity index (χ1) is 9.70. The fourth-order valence-electron chi connectivity index (χ4n) is 1.61. The zero-order valence-corrected chi connectivity index (χ0v) is 16.6. The second-order valence-electron chi connectivity index (χ2n) is 4.52. The van der Waals surface area contributed by atoms with E-state index in [0.29, 0.717) is 13.2 Å². The molecule has 1 aromatic rings. The quantitative estimate of drug-likeness (QED) is 0.322. The summed E-state index contributed by atoms with van der Waals surface area (Å²) in [6, 6.07) is 6.59. The van der Waals surface area contributed by atoms with E-state index in [1.165, 1.54) is 0 Å². The zero-order valence-electron chi connectivity index (χ0n) is 12.7. The van der Waals surface area contributed by atoms with Crippen LogP contribution in [0.25, 0.3) is 0 Å². The minimum absolute atomic E-state index is 0. The molecule has 4 radical (unpaired) electrons. The molecule has 0 heterocycles. The number of carbonyl (C=O) groups excluding carboxylic acids is 2. The normalized spacial score (nSPS) is 9.62. The molecule has 0 bridgehead atoms. The molecule has 0 aromatic heterocycles. The van der Waals surface area contributed by atoms with Crippen LogP contribution >= 0.6 is 0 Å². The summed E-state index contributed by atoms with van der Waals surface area (Å²) in [5, 5.41) is 0. The Hall–Kier alpha value is -0.918. The first kappa shape index (κ1) is 20.1. The van der Waals surface area contributed by atoms with Gasteiger partial charge in [0.05, 0.1) is 24.3 Å². The van der Waals surface area contributed by atoms with Gasteiger partial charge in [-0.2, -0.15) is 0 Å². The molecule has 4 nitrogen and oxygen atoms in total. The molecule has 0 aliphatic rings. The van der Waals surface area contributed by atoms with Crippen LogP contribution in [-0.2, 0) is 9.47 Å². The minimum atomic E-state index is -0.471. The van der Waals surface area contributed by atoms with Gasteiger partial charge in [0, 0.05) is 27.3 Å². The SMILES string of the molecule is CCCCOC(=O)c1ccccc1C(=O)OCCCC.[Pb]. The van der Waals surface area contributed by atoms with Gasteiger partial charge in [-0.1, -0.05) is 38.8 Å². The van der Waals surface area contributed by atoms with Gasteiger partial charge in [0.2, 0.25) is 0 Å². The average molecular weight is 486 g/mol. The summed E-state index contributed by atoms with van der Waals surface area (Å²) in [5.74, 6) is -0.942. The Labute approximate surface area is 146 Å². The molecular weight excluding hydrogens is 463 g/mol. The molecule has 114 valence electrons. The smallest absolute Gasteiger partial charge is 0.339 e. The van der Waals surface area contributed by atoms with Crippen LogP contribution in [0, 0.1) is 0 Å². The van der Waals surface area contributed by atoms with Gasteiger partial charge in [0.25, 0.3) is 0 Å². The first-order valence-electron chi connectivity index (χ1n) is 7.14. The molecule has 0 unspecified atom stereocenters. The summed E-state index contributed by atoms with van der Waals surface area (Å²) in [6.45, 7) is 4.78. The molecule has 0 aliphatic carbocycles. The molecule has 0 N–H and O–H groups in total. The maximum absolute atomic E-state index is 11.9. The molecule has 0 aliphatic heterocycles. The van der Waals surface area contributed by atoms with E-state index < -0.39 is 11.9 Å². The van der Waals surface area contributed by atoms with E-state index in [1.807, 2.05) is 13.8 Å². The molecule has 5 heteroatoms. The Morgan fingerprint density at radius 3 is 1.57 bits per heavy atom. The van der Waals surface area contributed by atoms with E-state index in [2.05, 4.69) is 0 Å². The van der Waals surface area contributed by atoms with Crippen molar-refractivity contribution in [1.29, 1.82) is 0 Å². The van der Waals surface area contributed by atoms with Crippen LogP contribution < -0.4 is 0 Å². The van der Waals surface area contributed by atoms with Crippen molar-refractivity contribution in [3.8, 4) is 0 Å². The third-order valence-corrected chi connectivity index (χ3v) is 2.83. The number of hydrogen-bond donors (Lipinski definition) is 0. The third-order valence-electron chi connectivity index (χ3n) is 2.83. The van der Waals surface area contributed by atoms with E-state index in [-0.39, 0.29) is 38.4 Å². The number of ether oxygens (including phenoxy) is 2. The molecule has 0 spiro atoms. The molecule has 0 atom stereocenters. The number of rotatable bonds is 8. The number of hydrogen-bond acceptors (Lipinski definition) is 4. The summed E-state index contributed by atoms with van der Waals surface area (Å²) in [7, 11) is 0. The van der Waals surface area contributed by atoms with Crippen LogP contribution in [0.4, 0.5) is 0 Å². The molecule has 0 saturated heterocycles. The van der Waals surface area contributed by atoms with Crippen LogP contribution in [0.3, 0.4) is 0 Å². The first-order valence-corrected chi connectivity index (χ1v) is 7.14. The van der Waals surface area contributed by atoms with Crippen molar-refractivity contribution in [2.75, 3.05) is 13.2 Å². The fourth-order valence-corrected chi connectivity index (χ4v) is 1.61. The van der Waals surface area contributed by atoms with E-state index in [4.69, 9.17) is 9.47 Å². The number of benzene rings is 1. The maximum Gasteiger partial charge on any atom is 0.339 e. The van der Waals surface area contributed by atoms with Gasteiger partial charge >= 0.3 is 11.9 Å². The van der Waals surface area contributed by atoms with Crippen molar-refractivity contribution in [1.82, 2.24) is 0 Å². The van der Waals surface area contributed by atoms with Crippen LogP contribution in [0.1, 0.15) is 60.2 Å². The van der Waals surface area contributed by atoms with Crippen LogP contribution in [-0.4, -0.2) is 52.5 Å². The van der Waals surface area contributed by atoms with Crippen LogP contribution in [0.15, 0.2) is 24.3 Å². The van der Waals surface area contributed by atoms with Gasteiger partial charge in [-0.05, 0) is 25.0 Å². The Balaban J connectivity index is 0.00000400. The predicted molar refractivity (Wildman–Crippen MR) is 82.6 cm³/mol. The number of unbranched alkanes of at least 4 members (excludes halogenated alkanes) is 2. The third kappa shape index (κ3) is 7.06. The molecule has 0 fully saturated rings. The number of carbonyl (C=O) groups is 2. The second kappa shape index (κ2) is 11.7. The van der Waals surface area contributed by atoms with E-state index in [9.17, 15) is 9.59 Å². The second-order valence-corrected chi connectivity index (χ2v) is 4.52. The summed E-state index contributed by atoms with van der Waals surface area (Å²) in [5.41, 5.74) is 0.537. The summed E-state index contributed by atoms with van der Waals surface area (Å²) >= 11 is 0. The Morgan fingerprint density at radius 1 is 0.857 bits per heavy atom. The van der Waals surface area contributed by atoms with Gasteiger partial charge in [-0.25, -0.2) is 9.59 Å². The van der Waals surface area contributed by atoms with Gasteiger partial charge in [-0.3, -0.25) is 0 Å². The molecule has 1 aromatic carbocycles. The summed E-state index contributed by atoms with van der Waals surface area (Å²) in [6.07, 6.45) is 3.53. The predicted octanol–water partition coefficient (Wildman–Crippen LogP) is 3.22. The van der Waals surface area contributed by atoms with E-state index in [1.54, 1.807) is 24.3 Å². The summed E-state index contributed by atoms with van der Waals surface area (Å²) in [4.78, 5) is 23.9. The van der Waals surface area contributed by atoms with Gasteiger partial charge in [0.1, 0.15) is 0 Å². The van der Waals surface area contributed by atoms with Crippen molar-refractivity contribution < 1.29 is 19.1 Å². The van der Waals surface area contributed by atoms with Crippen LogP contribution in [0.5, 0.6) is 0 Å². The Bertz CT molecular complexity index is 405. The number of esters is 2. The van der Waals surface area contributed by atoms with E-state index >= 15 is 0 Å². The van der Waals surface area contributed by atoms with Crippen molar-refractivity contribution in [3.63, 3.8) is 0 Å². The topological polar surface area (TPSA) is 52.6 Å². The fraction of sp³-hybridized carbons (Fsp3) is 0.500. The molecule has 0 amide bonds.